The minimum Gasteiger partial charge on any atom is -0.465 e. The lowest BCUT2D eigenvalue weighted by molar-refractivity contribution is 0.0606. The average molecular weight is 418 g/mol. The molecule has 1 aromatic carbocycles. The molecule has 0 radical (unpaired) electrons. The lowest BCUT2D eigenvalue weighted by atomic mass is 10.2. The summed E-state index contributed by atoms with van der Waals surface area (Å²) in [6, 6.07) is 10.8. The molecule has 0 bridgehead atoms. The molecule has 27 heavy (non-hydrogen) atoms. The van der Waals surface area contributed by atoms with E-state index in [-0.39, 0.29) is 11.6 Å². The molecule has 3 aromatic heterocycles. The second-order valence-corrected chi connectivity index (χ2v) is 7.92. The zero-order valence-electron chi connectivity index (χ0n) is 13.9. The largest absolute Gasteiger partial charge is 0.465 e. The van der Waals surface area contributed by atoms with Gasteiger partial charge in [-0.3, -0.25) is 9.89 Å². The Morgan fingerprint density at radius 1 is 1.26 bits per heavy atom. The van der Waals surface area contributed by atoms with Gasteiger partial charge in [0.1, 0.15) is 4.88 Å². The van der Waals surface area contributed by atoms with Crippen molar-refractivity contribution in [2.75, 3.05) is 12.4 Å². The number of methoxy groups -OCH3 is 1. The maximum absolute atomic E-state index is 12.5. The number of carbonyl (C=O) groups is 2. The van der Waals surface area contributed by atoms with E-state index in [4.69, 9.17) is 16.3 Å². The lowest BCUT2D eigenvalue weighted by Crippen LogP contribution is -2.12. The highest BCUT2D eigenvalue weighted by atomic mass is 35.5. The van der Waals surface area contributed by atoms with Crippen molar-refractivity contribution in [3.05, 3.63) is 57.4 Å². The molecule has 0 atom stereocenters. The van der Waals surface area contributed by atoms with E-state index in [9.17, 15) is 9.59 Å². The van der Waals surface area contributed by atoms with Crippen LogP contribution in [0, 0.1) is 0 Å². The van der Waals surface area contributed by atoms with Gasteiger partial charge < -0.3 is 10.1 Å². The summed E-state index contributed by atoms with van der Waals surface area (Å²) >= 11 is 9.03. The fraction of sp³-hybridized carbons (Fsp3) is 0.0556. The standard InChI is InChI=1S/C18H12ClN3O3S2/c1-25-18(24)16-15(19)10-5-4-9(7-14(10)27-16)20-17(23)12-8-11(21-22-12)13-3-2-6-26-13/h2-8H,1H3,(H,20,23)(H,21,22). The van der Waals surface area contributed by atoms with Crippen LogP contribution in [0.3, 0.4) is 0 Å². The maximum Gasteiger partial charge on any atom is 0.349 e. The van der Waals surface area contributed by atoms with Crippen molar-refractivity contribution < 1.29 is 14.3 Å². The summed E-state index contributed by atoms with van der Waals surface area (Å²) in [6.07, 6.45) is 0. The van der Waals surface area contributed by atoms with Gasteiger partial charge in [0, 0.05) is 15.8 Å². The van der Waals surface area contributed by atoms with E-state index < -0.39 is 5.97 Å². The van der Waals surface area contributed by atoms with E-state index in [2.05, 4.69) is 15.5 Å². The number of amides is 1. The van der Waals surface area contributed by atoms with E-state index in [0.29, 0.717) is 15.6 Å². The number of rotatable bonds is 4. The molecule has 4 rings (SSSR count). The highest BCUT2D eigenvalue weighted by molar-refractivity contribution is 7.21. The van der Waals surface area contributed by atoms with Gasteiger partial charge in [0.2, 0.25) is 0 Å². The van der Waals surface area contributed by atoms with Crippen LogP contribution < -0.4 is 5.32 Å². The predicted molar refractivity (Wildman–Crippen MR) is 108 cm³/mol. The van der Waals surface area contributed by atoms with Crippen molar-refractivity contribution >= 4 is 61.9 Å². The zero-order valence-corrected chi connectivity index (χ0v) is 16.3. The molecule has 2 N–H and O–H groups in total. The first-order valence-electron chi connectivity index (χ1n) is 7.78. The second kappa shape index (κ2) is 7.15. The van der Waals surface area contributed by atoms with E-state index in [1.807, 2.05) is 17.5 Å². The Kier molecular flexibility index (Phi) is 4.69. The Morgan fingerprint density at radius 2 is 2.11 bits per heavy atom. The summed E-state index contributed by atoms with van der Waals surface area (Å²) in [5, 5.41) is 12.8. The van der Waals surface area contributed by atoms with Gasteiger partial charge in [-0.05, 0) is 35.7 Å². The molecule has 0 spiro atoms. The molecule has 6 nitrogen and oxygen atoms in total. The third kappa shape index (κ3) is 3.34. The van der Waals surface area contributed by atoms with Crippen LogP contribution in [0.25, 0.3) is 20.7 Å². The van der Waals surface area contributed by atoms with E-state index >= 15 is 0 Å². The number of esters is 1. The number of benzene rings is 1. The number of fused-ring (bicyclic) bond motifs is 1. The molecule has 3 heterocycles. The van der Waals surface area contributed by atoms with Crippen molar-refractivity contribution in [3.8, 4) is 10.6 Å². The predicted octanol–water partition coefficient (Wildman–Crippen LogP) is 5.05. The minimum absolute atomic E-state index is 0.290. The van der Waals surface area contributed by atoms with Crippen LogP contribution in [0.5, 0.6) is 0 Å². The number of carbonyl (C=O) groups excluding carboxylic acids is 2. The Hall–Kier alpha value is -2.68. The quantitative estimate of drug-likeness (QED) is 0.455. The van der Waals surface area contributed by atoms with Crippen LogP contribution in [-0.4, -0.2) is 29.2 Å². The molecular weight excluding hydrogens is 406 g/mol. The van der Waals surface area contributed by atoms with E-state index in [1.54, 1.807) is 35.6 Å². The van der Waals surface area contributed by atoms with Crippen LogP contribution in [0.15, 0.2) is 41.8 Å². The first-order valence-corrected chi connectivity index (χ1v) is 9.85. The Morgan fingerprint density at radius 3 is 2.85 bits per heavy atom. The molecule has 0 aliphatic heterocycles. The number of nitrogens with one attached hydrogen (secondary N) is 2. The number of aromatic amines is 1. The van der Waals surface area contributed by atoms with E-state index in [0.717, 1.165) is 20.7 Å². The number of ether oxygens (including phenoxy) is 1. The molecule has 4 aromatic rings. The van der Waals surface area contributed by atoms with Gasteiger partial charge in [-0.25, -0.2) is 4.79 Å². The number of nitrogens with zero attached hydrogens (tertiary/aromatic N) is 1. The van der Waals surface area contributed by atoms with E-state index in [1.165, 1.54) is 18.4 Å². The van der Waals surface area contributed by atoms with Gasteiger partial charge in [-0.15, -0.1) is 22.7 Å². The Labute approximate surface area is 166 Å². The average Bonchev–Trinajstić information content (AvgIpc) is 3.41. The van der Waals surface area contributed by atoms with Crippen molar-refractivity contribution in [2.24, 2.45) is 0 Å². The van der Waals surface area contributed by atoms with Crippen LogP contribution in [0.4, 0.5) is 5.69 Å². The topological polar surface area (TPSA) is 84.1 Å². The van der Waals surface area contributed by atoms with Crippen LogP contribution >= 0.6 is 34.3 Å². The fourth-order valence-corrected chi connectivity index (χ4v) is 4.72. The van der Waals surface area contributed by atoms with Gasteiger partial charge in [0.05, 0.1) is 22.7 Å². The van der Waals surface area contributed by atoms with Gasteiger partial charge in [0.15, 0.2) is 5.69 Å². The summed E-state index contributed by atoms with van der Waals surface area (Å²) in [5.74, 6) is -0.811. The maximum atomic E-state index is 12.5. The lowest BCUT2D eigenvalue weighted by Gasteiger charge is -2.03. The molecule has 0 saturated heterocycles. The molecule has 0 fully saturated rings. The monoisotopic (exact) mass is 417 g/mol. The number of aromatic nitrogens is 2. The summed E-state index contributed by atoms with van der Waals surface area (Å²) in [6.45, 7) is 0. The molecule has 0 aliphatic carbocycles. The number of anilines is 1. The first-order chi connectivity index (χ1) is 13.1. The minimum atomic E-state index is -0.482. The Bertz CT molecular complexity index is 1150. The fourth-order valence-electron chi connectivity index (χ4n) is 2.56. The van der Waals surface area contributed by atoms with Gasteiger partial charge >= 0.3 is 5.97 Å². The highest BCUT2D eigenvalue weighted by Gasteiger charge is 2.18. The number of hydrogen-bond donors (Lipinski definition) is 2. The van der Waals surface area contributed by atoms with Gasteiger partial charge in [0.25, 0.3) is 5.91 Å². The summed E-state index contributed by atoms with van der Waals surface area (Å²) < 4.78 is 5.52. The van der Waals surface area contributed by atoms with Crippen molar-refractivity contribution in [2.45, 2.75) is 0 Å². The number of H-pyrrole nitrogens is 1. The first kappa shape index (κ1) is 17.7. The molecule has 0 unspecified atom stereocenters. The molecule has 0 saturated carbocycles. The van der Waals surface area contributed by atoms with Crippen LogP contribution in [0.1, 0.15) is 20.2 Å². The summed E-state index contributed by atoms with van der Waals surface area (Å²) in [7, 11) is 1.31. The number of halogens is 1. The van der Waals surface area contributed by atoms with Gasteiger partial charge in [-0.1, -0.05) is 17.7 Å². The number of thiophene rings is 2. The number of hydrogen-bond acceptors (Lipinski definition) is 6. The molecule has 0 aliphatic rings. The van der Waals surface area contributed by atoms with Gasteiger partial charge in [-0.2, -0.15) is 5.10 Å². The van der Waals surface area contributed by atoms with Crippen LogP contribution in [-0.2, 0) is 4.74 Å². The molecule has 136 valence electrons. The van der Waals surface area contributed by atoms with Crippen LogP contribution in [0.2, 0.25) is 5.02 Å². The van der Waals surface area contributed by atoms with Crippen molar-refractivity contribution in [1.82, 2.24) is 10.2 Å². The zero-order chi connectivity index (χ0) is 19.0. The molecule has 9 heteroatoms. The molecule has 1 amide bonds. The third-order valence-corrected chi connectivity index (χ3v) is 6.40. The highest BCUT2D eigenvalue weighted by Crippen LogP contribution is 2.37. The SMILES string of the molecule is COC(=O)c1sc2cc(NC(=O)c3cc(-c4cccs4)[nH]n3)ccc2c1Cl. The third-order valence-electron chi connectivity index (χ3n) is 3.86. The normalized spacial score (nSPS) is 10.9. The molecular formula is C18H12ClN3O3S2. The van der Waals surface area contributed by atoms with Crippen molar-refractivity contribution in [3.63, 3.8) is 0 Å². The second-order valence-electron chi connectivity index (χ2n) is 5.55. The smallest absolute Gasteiger partial charge is 0.349 e. The Balaban J connectivity index is 1.58. The van der Waals surface area contributed by atoms with Crippen molar-refractivity contribution in [1.29, 1.82) is 0 Å². The summed E-state index contributed by atoms with van der Waals surface area (Å²) in [4.78, 5) is 25.6. The summed E-state index contributed by atoms with van der Waals surface area (Å²) in [5.41, 5.74) is 1.67.